The van der Waals surface area contributed by atoms with Crippen LogP contribution in [0.4, 0.5) is 0 Å². The molecule has 0 amide bonds. The van der Waals surface area contributed by atoms with E-state index in [1.807, 2.05) is 55.6 Å². The van der Waals surface area contributed by atoms with Crippen molar-refractivity contribution in [3.8, 4) is 0 Å². The van der Waals surface area contributed by atoms with E-state index in [4.69, 9.17) is 4.74 Å². The summed E-state index contributed by atoms with van der Waals surface area (Å²) < 4.78 is 7.60. The van der Waals surface area contributed by atoms with E-state index in [1.165, 1.54) is 0 Å². The van der Waals surface area contributed by atoms with Gasteiger partial charge in [0.2, 0.25) is 0 Å². The van der Waals surface area contributed by atoms with Crippen LogP contribution in [0.15, 0.2) is 58.5 Å². The fourth-order valence-corrected chi connectivity index (χ4v) is 5.32. The monoisotopic (exact) mass is 473 g/mol. The van der Waals surface area contributed by atoms with Crippen LogP contribution in [-0.2, 0) is 11.2 Å². The van der Waals surface area contributed by atoms with Crippen molar-refractivity contribution < 1.29 is 30.3 Å². The Bertz CT molecular complexity index is 1100. The Balaban J connectivity index is 1.69. The van der Waals surface area contributed by atoms with E-state index < -0.39 is 42.9 Å². The van der Waals surface area contributed by atoms with Gasteiger partial charge in [-0.2, -0.15) is 0 Å². The van der Waals surface area contributed by atoms with Crippen LogP contribution in [0.2, 0.25) is 0 Å². The SMILES string of the molecule is Cc1cccc2c(Sc3ccc(CC(C)(C)O)cc3)cn([C@@H]3O[C@H](CO)[C@@H](O)[C@H](O)[C@H]3O)c12. The lowest BCUT2D eigenvalue weighted by atomic mass is 9.98. The zero-order valence-corrected chi connectivity index (χ0v) is 19.7. The second-order valence-corrected chi connectivity index (χ2v) is 10.4. The Kier molecular flexibility index (Phi) is 6.89. The van der Waals surface area contributed by atoms with Crippen molar-refractivity contribution in [2.75, 3.05) is 6.61 Å². The summed E-state index contributed by atoms with van der Waals surface area (Å²) in [5, 5.41) is 51.7. The number of hydrogen-bond donors (Lipinski definition) is 5. The normalized spacial score (nSPS) is 26.1. The molecule has 1 fully saturated rings. The second kappa shape index (κ2) is 9.38. The number of aryl methyl sites for hydroxylation is 1. The van der Waals surface area contributed by atoms with Gasteiger partial charge in [0.1, 0.15) is 24.4 Å². The van der Waals surface area contributed by atoms with Crippen LogP contribution in [0.1, 0.15) is 31.2 Å². The number of aliphatic hydroxyl groups is 5. The van der Waals surface area contributed by atoms with E-state index in [0.717, 1.165) is 31.8 Å². The molecule has 5 N–H and O–H groups in total. The molecule has 7 nitrogen and oxygen atoms in total. The summed E-state index contributed by atoms with van der Waals surface area (Å²) in [5.41, 5.74) is 2.09. The summed E-state index contributed by atoms with van der Waals surface area (Å²) in [6, 6.07) is 13.9. The van der Waals surface area contributed by atoms with Gasteiger partial charge >= 0.3 is 0 Å². The molecule has 1 aromatic heterocycles. The van der Waals surface area contributed by atoms with Gasteiger partial charge in [0.25, 0.3) is 0 Å². The number of para-hydroxylation sites is 1. The number of rotatable bonds is 6. The number of aromatic nitrogens is 1. The largest absolute Gasteiger partial charge is 0.394 e. The van der Waals surface area contributed by atoms with Gasteiger partial charge in [0, 0.05) is 27.8 Å². The first-order valence-electron chi connectivity index (χ1n) is 11.0. The first kappa shape index (κ1) is 24.2. The molecular weight excluding hydrogens is 442 g/mol. The molecule has 3 aromatic rings. The standard InChI is InChI=1S/C25H31NO6S/c1-14-5-4-6-17-19(33-16-9-7-15(8-10-16)11-25(2,3)31)12-26(20(14)17)24-23(30)22(29)21(28)18(13-27)32-24/h4-10,12,18,21-24,27-31H,11,13H2,1-3H3/t18-,21-,22+,23-,24-/m1/s1. The zero-order chi connectivity index (χ0) is 23.9. The lowest BCUT2D eigenvalue weighted by Crippen LogP contribution is -2.56. The Morgan fingerprint density at radius 2 is 1.70 bits per heavy atom. The molecule has 5 atom stereocenters. The van der Waals surface area contributed by atoms with Crippen LogP contribution >= 0.6 is 11.8 Å². The van der Waals surface area contributed by atoms with Gasteiger partial charge in [-0.15, -0.1) is 0 Å². The van der Waals surface area contributed by atoms with Crippen LogP contribution < -0.4 is 0 Å². The molecule has 2 aromatic carbocycles. The molecule has 178 valence electrons. The minimum absolute atomic E-state index is 0.474. The van der Waals surface area contributed by atoms with Crippen molar-refractivity contribution >= 4 is 22.7 Å². The summed E-state index contributed by atoms with van der Waals surface area (Å²) in [5.74, 6) is 0. The number of hydrogen-bond acceptors (Lipinski definition) is 7. The maximum Gasteiger partial charge on any atom is 0.163 e. The summed E-state index contributed by atoms with van der Waals surface area (Å²) in [6.45, 7) is 5.05. The molecule has 0 bridgehead atoms. The fourth-order valence-electron chi connectivity index (χ4n) is 4.36. The highest BCUT2D eigenvalue weighted by Crippen LogP contribution is 2.40. The van der Waals surface area contributed by atoms with E-state index >= 15 is 0 Å². The third-order valence-corrected chi connectivity index (χ3v) is 7.00. The summed E-state index contributed by atoms with van der Waals surface area (Å²) in [7, 11) is 0. The summed E-state index contributed by atoms with van der Waals surface area (Å²) in [4.78, 5) is 1.96. The van der Waals surface area contributed by atoms with Crippen molar-refractivity contribution in [3.05, 3.63) is 59.8 Å². The van der Waals surface area contributed by atoms with E-state index in [-0.39, 0.29) is 0 Å². The number of fused-ring (bicyclic) bond motifs is 1. The Morgan fingerprint density at radius 1 is 1.00 bits per heavy atom. The number of aliphatic hydroxyl groups excluding tert-OH is 4. The molecular formula is C25H31NO6S. The van der Waals surface area contributed by atoms with E-state index in [9.17, 15) is 25.5 Å². The number of benzene rings is 2. The molecule has 2 heterocycles. The highest BCUT2D eigenvalue weighted by Gasteiger charge is 2.44. The lowest BCUT2D eigenvalue weighted by molar-refractivity contribution is -0.250. The van der Waals surface area contributed by atoms with E-state index in [2.05, 4.69) is 0 Å². The quantitative estimate of drug-likeness (QED) is 0.373. The van der Waals surface area contributed by atoms with Crippen LogP contribution in [0.3, 0.4) is 0 Å². The molecule has 0 radical (unpaired) electrons. The molecule has 0 spiro atoms. The highest BCUT2D eigenvalue weighted by atomic mass is 32.2. The third kappa shape index (κ3) is 4.97. The van der Waals surface area contributed by atoms with Crippen molar-refractivity contribution in [1.82, 2.24) is 4.57 Å². The minimum Gasteiger partial charge on any atom is -0.394 e. The van der Waals surface area contributed by atoms with Crippen molar-refractivity contribution in [1.29, 1.82) is 0 Å². The number of nitrogens with zero attached hydrogens (tertiary/aromatic N) is 1. The second-order valence-electron chi connectivity index (χ2n) is 9.33. The average Bonchev–Trinajstić information content (AvgIpc) is 3.12. The topological polar surface area (TPSA) is 115 Å². The first-order valence-corrected chi connectivity index (χ1v) is 11.8. The molecule has 8 heteroatoms. The maximum absolute atomic E-state index is 10.7. The van der Waals surface area contributed by atoms with Gasteiger partial charge in [-0.1, -0.05) is 42.1 Å². The fraction of sp³-hybridized carbons (Fsp3) is 0.440. The first-order chi connectivity index (χ1) is 15.6. The molecule has 1 saturated heterocycles. The van der Waals surface area contributed by atoms with Crippen molar-refractivity contribution in [2.45, 2.75) is 73.2 Å². The van der Waals surface area contributed by atoms with Gasteiger partial charge in [-0.05, 0) is 44.0 Å². The van der Waals surface area contributed by atoms with Gasteiger partial charge < -0.3 is 34.8 Å². The molecule has 4 rings (SSSR count). The maximum atomic E-state index is 10.7. The minimum atomic E-state index is -1.44. The zero-order valence-electron chi connectivity index (χ0n) is 18.9. The van der Waals surface area contributed by atoms with Crippen LogP contribution in [-0.4, -0.2) is 66.7 Å². The number of ether oxygens (including phenoxy) is 1. The Hall–Kier alpha value is -1.91. The molecule has 1 aliphatic rings. The van der Waals surface area contributed by atoms with Crippen LogP contribution in [0, 0.1) is 6.92 Å². The van der Waals surface area contributed by atoms with Gasteiger partial charge in [0.15, 0.2) is 6.23 Å². The summed E-state index contributed by atoms with van der Waals surface area (Å²) >= 11 is 1.56. The molecule has 1 aliphatic heterocycles. The van der Waals surface area contributed by atoms with Gasteiger partial charge in [0.05, 0.1) is 17.7 Å². The Labute approximate surface area is 197 Å². The van der Waals surface area contributed by atoms with Crippen LogP contribution in [0.25, 0.3) is 10.9 Å². The van der Waals surface area contributed by atoms with Gasteiger partial charge in [-0.3, -0.25) is 0 Å². The summed E-state index contributed by atoms with van der Waals surface area (Å²) in [6.07, 6.45) is -3.71. The van der Waals surface area contributed by atoms with E-state index in [1.54, 1.807) is 30.2 Å². The van der Waals surface area contributed by atoms with Crippen molar-refractivity contribution in [2.24, 2.45) is 0 Å². The smallest absolute Gasteiger partial charge is 0.163 e. The van der Waals surface area contributed by atoms with E-state index in [0.29, 0.717) is 6.42 Å². The predicted octanol–water partition coefficient (Wildman–Crippen LogP) is 2.39. The predicted molar refractivity (Wildman–Crippen MR) is 126 cm³/mol. The molecule has 0 aliphatic carbocycles. The van der Waals surface area contributed by atoms with Crippen molar-refractivity contribution in [3.63, 3.8) is 0 Å². The lowest BCUT2D eigenvalue weighted by Gasteiger charge is -2.40. The molecule has 0 unspecified atom stereocenters. The highest BCUT2D eigenvalue weighted by molar-refractivity contribution is 7.99. The Morgan fingerprint density at radius 3 is 2.33 bits per heavy atom. The van der Waals surface area contributed by atoms with Crippen LogP contribution in [0.5, 0.6) is 0 Å². The molecule has 33 heavy (non-hydrogen) atoms. The van der Waals surface area contributed by atoms with Gasteiger partial charge in [-0.25, -0.2) is 0 Å². The average molecular weight is 474 g/mol. The molecule has 0 saturated carbocycles. The third-order valence-electron chi connectivity index (χ3n) is 5.95.